The SMILES string of the molecule is CCCCOc1ccc(OC)c(Br)c1N. The average Bonchev–Trinajstić information content (AvgIpc) is 2.25. The van der Waals surface area contributed by atoms with Gasteiger partial charge in [0, 0.05) is 0 Å². The van der Waals surface area contributed by atoms with Gasteiger partial charge in [-0.25, -0.2) is 0 Å². The van der Waals surface area contributed by atoms with E-state index in [-0.39, 0.29) is 0 Å². The zero-order valence-electron chi connectivity index (χ0n) is 9.05. The lowest BCUT2D eigenvalue weighted by molar-refractivity contribution is 0.310. The second-order valence-electron chi connectivity index (χ2n) is 3.20. The van der Waals surface area contributed by atoms with Crippen molar-refractivity contribution in [1.29, 1.82) is 0 Å². The van der Waals surface area contributed by atoms with Crippen molar-refractivity contribution in [3.63, 3.8) is 0 Å². The Morgan fingerprint density at radius 3 is 2.60 bits per heavy atom. The molecule has 0 aliphatic carbocycles. The molecule has 1 aromatic rings. The number of ether oxygens (including phenoxy) is 2. The van der Waals surface area contributed by atoms with Crippen LogP contribution in [0.5, 0.6) is 11.5 Å². The number of hydrogen-bond donors (Lipinski definition) is 1. The van der Waals surface area contributed by atoms with Gasteiger partial charge in [-0.05, 0) is 34.5 Å². The first-order chi connectivity index (χ1) is 7.20. The maximum atomic E-state index is 5.89. The van der Waals surface area contributed by atoms with Gasteiger partial charge in [0.05, 0.1) is 23.9 Å². The molecule has 0 atom stereocenters. The van der Waals surface area contributed by atoms with Crippen molar-refractivity contribution in [1.82, 2.24) is 0 Å². The molecule has 15 heavy (non-hydrogen) atoms. The van der Waals surface area contributed by atoms with E-state index in [1.165, 1.54) is 0 Å². The summed E-state index contributed by atoms with van der Waals surface area (Å²) in [4.78, 5) is 0. The normalized spacial score (nSPS) is 10.1. The first-order valence-electron chi connectivity index (χ1n) is 4.95. The first-order valence-corrected chi connectivity index (χ1v) is 5.74. The lowest BCUT2D eigenvalue weighted by atomic mass is 10.3. The number of unbranched alkanes of at least 4 members (excludes halogenated alkanes) is 1. The molecule has 0 aromatic heterocycles. The Labute approximate surface area is 98.7 Å². The van der Waals surface area contributed by atoms with E-state index in [9.17, 15) is 0 Å². The number of nitrogen functional groups attached to an aromatic ring is 1. The number of rotatable bonds is 5. The summed E-state index contributed by atoms with van der Waals surface area (Å²) in [7, 11) is 1.61. The van der Waals surface area contributed by atoms with Gasteiger partial charge in [0.15, 0.2) is 0 Å². The van der Waals surface area contributed by atoms with E-state index >= 15 is 0 Å². The van der Waals surface area contributed by atoms with Gasteiger partial charge in [-0.15, -0.1) is 0 Å². The van der Waals surface area contributed by atoms with Crippen molar-refractivity contribution >= 4 is 21.6 Å². The van der Waals surface area contributed by atoms with Crippen molar-refractivity contribution in [2.45, 2.75) is 19.8 Å². The number of nitrogens with two attached hydrogens (primary N) is 1. The second-order valence-corrected chi connectivity index (χ2v) is 3.99. The molecule has 0 spiro atoms. The Balaban J connectivity index is 2.77. The Hall–Kier alpha value is -0.900. The Bertz CT molecular complexity index is 329. The van der Waals surface area contributed by atoms with Crippen LogP contribution in [0.4, 0.5) is 5.69 Å². The number of methoxy groups -OCH3 is 1. The van der Waals surface area contributed by atoms with Gasteiger partial charge in [0.1, 0.15) is 11.5 Å². The van der Waals surface area contributed by atoms with Crippen LogP contribution in [0.25, 0.3) is 0 Å². The van der Waals surface area contributed by atoms with Crippen LogP contribution in [0.2, 0.25) is 0 Å². The zero-order chi connectivity index (χ0) is 11.3. The summed E-state index contributed by atoms with van der Waals surface area (Å²) in [6, 6.07) is 3.66. The van der Waals surface area contributed by atoms with E-state index in [2.05, 4.69) is 22.9 Å². The van der Waals surface area contributed by atoms with Crippen molar-refractivity contribution in [2.75, 3.05) is 19.5 Å². The van der Waals surface area contributed by atoms with Crippen LogP contribution >= 0.6 is 15.9 Å². The summed E-state index contributed by atoms with van der Waals surface area (Å²) in [5, 5.41) is 0. The standard InChI is InChI=1S/C11H16BrNO2/c1-3-4-7-15-9-6-5-8(14-2)10(12)11(9)13/h5-6H,3-4,7,13H2,1-2H3. The van der Waals surface area contributed by atoms with Gasteiger partial charge in [0.2, 0.25) is 0 Å². The molecule has 0 saturated carbocycles. The van der Waals surface area contributed by atoms with Crippen LogP contribution in [0, 0.1) is 0 Å². The number of hydrogen-bond acceptors (Lipinski definition) is 3. The largest absolute Gasteiger partial charge is 0.495 e. The highest BCUT2D eigenvalue weighted by atomic mass is 79.9. The molecule has 0 aliphatic rings. The predicted molar refractivity (Wildman–Crippen MR) is 65.5 cm³/mol. The van der Waals surface area contributed by atoms with Crippen LogP contribution in [-0.4, -0.2) is 13.7 Å². The summed E-state index contributed by atoms with van der Waals surface area (Å²) in [5.41, 5.74) is 6.48. The maximum Gasteiger partial charge on any atom is 0.143 e. The number of anilines is 1. The van der Waals surface area contributed by atoms with Gasteiger partial charge in [0.25, 0.3) is 0 Å². The molecule has 84 valence electrons. The molecule has 0 unspecified atom stereocenters. The zero-order valence-corrected chi connectivity index (χ0v) is 10.6. The summed E-state index contributed by atoms with van der Waals surface area (Å²) < 4.78 is 11.4. The molecule has 0 fully saturated rings. The third-order valence-corrected chi connectivity index (χ3v) is 2.90. The minimum atomic E-state index is 0.588. The molecule has 1 rings (SSSR count). The third kappa shape index (κ3) is 3.02. The van der Waals surface area contributed by atoms with Gasteiger partial charge >= 0.3 is 0 Å². The van der Waals surface area contributed by atoms with E-state index in [0.717, 1.165) is 23.1 Å². The fraction of sp³-hybridized carbons (Fsp3) is 0.455. The van der Waals surface area contributed by atoms with Gasteiger partial charge < -0.3 is 15.2 Å². The second kappa shape index (κ2) is 5.85. The monoisotopic (exact) mass is 273 g/mol. The fourth-order valence-electron chi connectivity index (χ4n) is 1.17. The molecular formula is C11H16BrNO2. The summed E-state index contributed by atoms with van der Waals surface area (Å²) in [6.07, 6.45) is 2.14. The molecule has 0 heterocycles. The fourth-order valence-corrected chi connectivity index (χ4v) is 1.65. The van der Waals surface area contributed by atoms with Crippen LogP contribution < -0.4 is 15.2 Å². The van der Waals surface area contributed by atoms with Gasteiger partial charge in [-0.2, -0.15) is 0 Å². The quantitative estimate of drug-likeness (QED) is 0.662. The third-order valence-electron chi connectivity index (χ3n) is 2.08. The minimum absolute atomic E-state index is 0.588. The molecule has 0 radical (unpaired) electrons. The molecule has 0 amide bonds. The molecule has 3 nitrogen and oxygen atoms in total. The lowest BCUT2D eigenvalue weighted by Crippen LogP contribution is -2.01. The van der Waals surface area contributed by atoms with E-state index in [4.69, 9.17) is 15.2 Å². The van der Waals surface area contributed by atoms with Crippen LogP contribution in [0.3, 0.4) is 0 Å². The van der Waals surface area contributed by atoms with Crippen LogP contribution in [-0.2, 0) is 0 Å². The molecular weight excluding hydrogens is 258 g/mol. The van der Waals surface area contributed by atoms with Crippen LogP contribution in [0.15, 0.2) is 16.6 Å². The molecule has 0 saturated heterocycles. The molecule has 0 aliphatic heterocycles. The van der Waals surface area contributed by atoms with Crippen molar-refractivity contribution in [3.05, 3.63) is 16.6 Å². The minimum Gasteiger partial charge on any atom is -0.495 e. The van der Waals surface area contributed by atoms with E-state index in [1.807, 2.05) is 12.1 Å². The topological polar surface area (TPSA) is 44.5 Å². The van der Waals surface area contributed by atoms with Crippen molar-refractivity contribution in [3.8, 4) is 11.5 Å². The predicted octanol–water partition coefficient (Wildman–Crippen LogP) is 3.22. The van der Waals surface area contributed by atoms with Crippen molar-refractivity contribution in [2.24, 2.45) is 0 Å². The molecule has 1 aromatic carbocycles. The highest BCUT2D eigenvalue weighted by Gasteiger charge is 2.09. The van der Waals surface area contributed by atoms with Gasteiger partial charge in [-0.3, -0.25) is 0 Å². The Morgan fingerprint density at radius 2 is 2.00 bits per heavy atom. The lowest BCUT2D eigenvalue weighted by Gasteiger charge is -2.11. The summed E-state index contributed by atoms with van der Waals surface area (Å²) >= 11 is 3.37. The Morgan fingerprint density at radius 1 is 1.33 bits per heavy atom. The highest BCUT2D eigenvalue weighted by molar-refractivity contribution is 9.10. The molecule has 4 heteroatoms. The smallest absolute Gasteiger partial charge is 0.143 e. The molecule has 2 N–H and O–H groups in total. The van der Waals surface area contributed by atoms with Crippen LogP contribution in [0.1, 0.15) is 19.8 Å². The van der Waals surface area contributed by atoms with Gasteiger partial charge in [-0.1, -0.05) is 13.3 Å². The first kappa shape index (κ1) is 12.2. The number of halogens is 1. The van der Waals surface area contributed by atoms with E-state index in [0.29, 0.717) is 18.0 Å². The number of benzene rings is 1. The molecule has 0 bridgehead atoms. The van der Waals surface area contributed by atoms with E-state index in [1.54, 1.807) is 7.11 Å². The van der Waals surface area contributed by atoms with Crippen molar-refractivity contribution < 1.29 is 9.47 Å². The summed E-state index contributed by atoms with van der Waals surface area (Å²) in [6.45, 7) is 2.82. The average molecular weight is 274 g/mol. The highest BCUT2D eigenvalue weighted by Crippen LogP contribution is 2.37. The maximum absolute atomic E-state index is 5.89. The Kier molecular flexibility index (Phi) is 4.75. The van der Waals surface area contributed by atoms with E-state index < -0.39 is 0 Å². The summed E-state index contributed by atoms with van der Waals surface area (Å²) in [5.74, 6) is 1.42.